The molecule has 1 atom stereocenters. The Morgan fingerprint density at radius 2 is 2.04 bits per heavy atom. The molecular weight excluding hydrogens is 330 g/mol. The summed E-state index contributed by atoms with van der Waals surface area (Å²) in [5.41, 5.74) is 7.96. The number of benzene rings is 2. The minimum absolute atomic E-state index is 0.401. The summed E-state index contributed by atoms with van der Waals surface area (Å²) in [7, 11) is 0. The van der Waals surface area contributed by atoms with Gasteiger partial charge in [-0.2, -0.15) is 10.5 Å². The standard InChI is InChI=1S/C19H17N5O2/c20-11-14-4-3-5-15(10-14)24(19(22)25)18-7-2-1-6-17(18)23-8-9-26-16(12-21)13-23/h1-7,10,16H,8-9,13H2,(H2,22,25). The van der Waals surface area contributed by atoms with Gasteiger partial charge in [-0.3, -0.25) is 4.90 Å². The number of carbonyl (C=O) groups excluding carboxylic acids is 1. The van der Waals surface area contributed by atoms with Crippen LogP contribution in [0.3, 0.4) is 0 Å². The largest absolute Gasteiger partial charge is 0.364 e. The lowest BCUT2D eigenvalue weighted by Gasteiger charge is -2.34. The SMILES string of the molecule is N#Cc1cccc(N(C(N)=O)c2ccccc2N2CCOC(C#N)C2)c1. The third-order valence-corrected chi connectivity index (χ3v) is 4.13. The van der Waals surface area contributed by atoms with Gasteiger partial charge in [0.05, 0.1) is 47.9 Å². The van der Waals surface area contributed by atoms with E-state index in [0.29, 0.717) is 36.6 Å². The van der Waals surface area contributed by atoms with Crippen LogP contribution in [0.15, 0.2) is 48.5 Å². The van der Waals surface area contributed by atoms with Gasteiger partial charge in [0.1, 0.15) is 0 Å². The molecule has 7 nitrogen and oxygen atoms in total. The van der Waals surface area contributed by atoms with Crippen LogP contribution in [0, 0.1) is 22.7 Å². The molecule has 2 N–H and O–H groups in total. The molecule has 130 valence electrons. The molecular formula is C19H17N5O2. The first-order chi connectivity index (χ1) is 12.6. The number of ether oxygens (including phenoxy) is 1. The molecule has 1 fully saturated rings. The van der Waals surface area contributed by atoms with E-state index in [-0.39, 0.29) is 0 Å². The smallest absolute Gasteiger partial charge is 0.323 e. The molecule has 1 unspecified atom stereocenters. The molecule has 0 radical (unpaired) electrons. The van der Waals surface area contributed by atoms with Crippen molar-refractivity contribution in [3.8, 4) is 12.1 Å². The lowest BCUT2D eigenvalue weighted by molar-refractivity contribution is 0.0765. The van der Waals surface area contributed by atoms with Gasteiger partial charge in [0.25, 0.3) is 0 Å². The van der Waals surface area contributed by atoms with Crippen molar-refractivity contribution in [3.63, 3.8) is 0 Å². The van der Waals surface area contributed by atoms with Crippen LogP contribution < -0.4 is 15.5 Å². The zero-order valence-electron chi connectivity index (χ0n) is 14.0. The number of carbonyl (C=O) groups is 1. The number of morpholine rings is 1. The number of amides is 2. The molecule has 1 heterocycles. The molecule has 0 spiro atoms. The van der Waals surface area contributed by atoms with E-state index < -0.39 is 12.1 Å². The Morgan fingerprint density at radius 1 is 1.23 bits per heavy atom. The van der Waals surface area contributed by atoms with Crippen LogP contribution in [0.4, 0.5) is 21.9 Å². The second-order valence-corrected chi connectivity index (χ2v) is 5.76. The number of urea groups is 1. The number of nitrogens with zero attached hydrogens (tertiary/aromatic N) is 4. The van der Waals surface area contributed by atoms with E-state index in [9.17, 15) is 4.79 Å². The maximum absolute atomic E-state index is 12.2. The van der Waals surface area contributed by atoms with Gasteiger partial charge in [0.15, 0.2) is 6.10 Å². The number of nitriles is 2. The van der Waals surface area contributed by atoms with Gasteiger partial charge in [0, 0.05) is 6.54 Å². The van der Waals surface area contributed by atoms with Crippen LogP contribution in [0.2, 0.25) is 0 Å². The monoisotopic (exact) mass is 347 g/mol. The first-order valence-corrected chi connectivity index (χ1v) is 8.09. The fourth-order valence-electron chi connectivity index (χ4n) is 2.97. The van der Waals surface area contributed by atoms with Crippen LogP contribution in [0.5, 0.6) is 0 Å². The highest BCUT2D eigenvalue weighted by atomic mass is 16.5. The number of para-hydroxylation sites is 2. The number of hydrogen-bond donors (Lipinski definition) is 1. The maximum atomic E-state index is 12.2. The second kappa shape index (κ2) is 7.56. The van der Waals surface area contributed by atoms with Gasteiger partial charge in [-0.15, -0.1) is 0 Å². The second-order valence-electron chi connectivity index (χ2n) is 5.76. The summed E-state index contributed by atoms with van der Waals surface area (Å²) in [4.78, 5) is 15.6. The maximum Gasteiger partial charge on any atom is 0.323 e. The summed E-state index contributed by atoms with van der Waals surface area (Å²) in [5, 5.41) is 18.3. The van der Waals surface area contributed by atoms with Crippen molar-refractivity contribution in [2.24, 2.45) is 5.73 Å². The Hall–Kier alpha value is -3.55. The van der Waals surface area contributed by atoms with Crippen molar-refractivity contribution in [3.05, 3.63) is 54.1 Å². The summed E-state index contributed by atoms with van der Waals surface area (Å²) in [6.45, 7) is 1.42. The average Bonchev–Trinajstić information content (AvgIpc) is 2.68. The van der Waals surface area contributed by atoms with Crippen molar-refractivity contribution < 1.29 is 9.53 Å². The molecule has 0 saturated carbocycles. The molecule has 0 aliphatic carbocycles. The Kier molecular flexibility index (Phi) is 5.02. The number of anilines is 3. The molecule has 2 amide bonds. The normalized spacial score (nSPS) is 16.4. The summed E-state index contributed by atoms with van der Waals surface area (Å²) < 4.78 is 5.40. The van der Waals surface area contributed by atoms with E-state index in [0.717, 1.165) is 5.69 Å². The summed E-state index contributed by atoms with van der Waals surface area (Å²) in [6.07, 6.45) is -0.527. The van der Waals surface area contributed by atoms with Gasteiger partial charge in [-0.05, 0) is 30.3 Å². The van der Waals surface area contributed by atoms with Crippen LogP contribution in [-0.2, 0) is 4.74 Å². The van der Waals surface area contributed by atoms with Gasteiger partial charge in [0.2, 0.25) is 0 Å². The highest BCUT2D eigenvalue weighted by molar-refractivity contribution is 6.01. The number of rotatable bonds is 3. The summed E-state index contributed by atoms with van der Waals surface area (Å²) in [5.74, 6) is 0. The molecule has 1 saturated heterocycles. The quantitative estimate of drug-likeness (QED) is 0.918. The Morgan fingerprint density at radius 3 is 2.77 bits per heavy atom. The molecule has 0 bridgehead atoms. The molecule has 1 aliphatic heterocycles. The lowest BCUT2D eigenvalue weighted by atomic mass is 10.1. The van der Waals surface area contributed by atoms with Crippen molar-refractivity contribution in [2.75, 3.05) is 29.5 Å². The summed E-state index contributed by atoms with van der Waals surface area (Å²) in [6, 6.07) is 17.6. The van der Waals surface area contributed by atoms with Gasteiger partial charge >= 0.3 is 6.03 Å². The lowest BCUT2D eigenvalue weighted by Crippen LogP contribution is -2.43. The zero-order valence-corrected chi connectivity index (χ0v) is 14.0. The molecule has 2 aromatic carbocycles. The van der Waals surface area contributed by atoms with Gasteiger partial charge in [-0.25, -0.2) is 4.79 Å². The van der Waals surface area contributed by atoms with Crippen LogP contribution in [0.25, 0.3) is 0 Å². The minimum Gasteiger partial charge on any atom is -0.364 e. The average molecular weight is 347 g/mol. The molecule has 3 rings (SSSR count). The molecule has 26 heavy (non-hydrogen) atoms. The number of primary amides is 1. The number of hydrogen-bond acceptors (Lipinski definition) is 5. The predicted octanol–water partition coefficient (Wildman–Crippen LogP) is 2.50. The van der Waals surface area contributed by atoms with Gasteiger partial charge in [-0.1, -0.05) is 18.2 Å². The summed E-state index contributed by atoms with van der Waals surface area (Å²) >= 11 is 0. The molecule has 2 aromatic rings. The fourth-order valence-corrected chi connectivity index (χ4v) is 2.97. The van der Waals surface area contributed by atoms with Crippen LogP contribution in [0.1, 0.15) is 5.56 Å². The molecule has 0 aromatic heterocycles. The van der Waals surface area contributed by atoms with Crippen LogP contribution in [-0.4, -0.2) is 31.8 Å². The van der Waals surface area contributed by atoms with E-state index in [2.05, 4.69) is 12.1 Å². The highest BCUT2D eigenvalue weighted by Gasteiger charge is 2.25. The highest BCUT2D eigenvalue weighted by Crippen LogP contribution is 2.35. The van der Waals surface area contributed by atoms with E-state index in [4.69, 9.17) is 21.0 Å². The Balaban J connectivity index is 2.05. The molecule has 1 aliphatic rings. The van der Waals surface area contributed by atoms with E-state index in [1.165, 1.54) is 4.90 Å². The first-order valence-electron chi connectivity index (χ1n) is 8.09. The van der Waals surface area contributed by atoms with Gasteiger partial charge < -0.3 is 15.4 Å². The third kappa shape index (κ3) is 3.44. The minimum atomic E-state index is -0.655. The molecule has 7 heteroatoms. The van der Waals surface area contributed by atoms with E-state index in [1.54, 1.807) is 30.3 Å². The predicted molar refractivity (Wildman–Crippen MR) is 96.9 cm³/mol. The zero-order chi connectivity index (χ0) is 18.5. The Labute approximate surface area is 151 Å². The van der Waals surface area contributed by atoms with Crippen molar-refractivity contribution in [2.45, 2.75) is 6.10 Å². The van der Waals surface area contributed by atoms with Crippen molar-refractivity contribution in [1.82, 2.24) is 0 Å². The van der Waals surface area contributed by atoms with E-state index >= 15 is 0 Å². The van der Waals surface area contributed by atoms with Crippen molar-refractivity contribution in [1.29, 1.82) is 10.5 Å². The third-order valence-electron chi connectivity index (χ3n) is 4.13. The first kappa shape index (κ1) is 17.3. The fraction of sp³-hybridized carbons (Fsp3) is 0.211. The number of nitrogens with two attached hydrogens (primary N) is 1. The Bertz CT molecular complexity index is 899. The van der Waals surface area contributed by atoms with Crippen molar-refractivity contribution >= 4 is 23.1 Å². The van der Waals surface area contributed by atoms with Crippen LogP contribution >= 0.6 is 0 Å². The van der Waals surface area contributed by atoms with E-state index in [1.807, 2.05) is 23.1 Å². The topological polar surface area (TPSA) is 106 Å².